The Morgan fingerprint density at radius 2 is 2.00 bits per heavy atom. The van der Waals surface area contributed by atoms with Gasteiger partial charge in [-0.25, -0.2) is 9.97 Å². The number of rotatable bonds is 3. The fourth-order valence-corrected chi connectivity index (χ4v) is 2.61. The minimum absolute atomic E-state index is 0.189. The molecule has 0 bridgehead atoms. The second-order valence-corrected chi connectivity index (χ2v) is 5.66. The van der Waals surface area contributed by atoms with E-state index in [0.717, 1.165) is 22.2 Å². The molecule has 0 radical (unpaired) electrons. The van der Waals surface area contributed by atoms with Crippen LogP contribution in [0.15, 0.2) is 42.0 Å². The molecule has 5 nitrogen and oxygen atoms in total. The van der Waals surface area contributed by atoms with Gasteiger partial charge in [0.15, 0.2) is 0 Å². The summed E-state index contributed by atoms with van der Waals surface area (Å²) in [5, 5.41) is 5.48. The van der Waals surface area contributed by atoms with E-state index in [1.807, 2.05) is 48.9 Å². The maximum absolute atomic E-state index is 12.0. The second kappa shape index (κ2) is 5.49. The molecule has 1 amide bonds. The minimum atomic E-state index is -0.189. The Morgan fingerprint density at radius 3 is 2.57 bits per heavy atom. The van der Waals surface area contributed by atoms with Gasteiger partial charge in [0.05, 0.1) is 5.01 Å². The number of nitrogens with one attached hydrogen (secondary N) is 1. The number of thiazole rings is 1. The maximum Gasteiger partial charge on any atom is 0.275 e. The number of nitrogens with zero attached hydrogens (tertiary/aromatic N) is 3. The molecular formula is C15H14N4OS. The molecule has 0 spiro atoms. The van der Waals surface area contributed by atoms with Crippen LogP contribution in [0.4, 0.5) is 5.69 Å². The van der Waals surface area contributed by atoms with Crippen molar-refractivity contribution in [2.75, 3.05) is 5.32 Å². The van der Waals surface area contributed by atoms with Crippen LogP contribution in [0.1, 0.15) is 21.3 Å². The molecule has 0 saturated heterocycles. The molecule has 0 aliphatic heterocycles. The quantitative estimate of drug-likeness (QED) is 0.807. The van der Waals surface area contributed by atoms with Gasteiger partial charge in [-0.15, -0.1) is 11.3 Å². The van der Waals surface area contributed by atoms with E-state index in [1.165, 1.54) is 11.3 Å². The molecule has 106 valence electrons. The summed E-state index contributed by atoms with van der Waals surface area (Å²) >= 11 is 1.46. The molecule has 2 aromatic heterocycles. The van der Waals surface area contributed by atoms with E-state index in [0.29, 0.717) is 5.69 Å². The summed E-state index contributed by atoms with van der Waals surface area (Å²) in [6, 6.07) is 7.62. The van der Waals surface area contributed by atoms with Crippen molar-refractivity contribution < 1.29 is 4.79 Å². The number of aromatic nitrogens is 3. The summed E-state index contributed by atoms with van der Waals surface area (Å²) in [5.41, 5.74) is 2.20. The Labute approximate surface area is 126 Å². The smallest absolute Gasteiger partial charge is 0.275 e. The molecule has 1 N–H and O–H groups in total. The van der Waals surface area contributed by atoms with Crippen molar-refractivity contribution >= 4 is 22.9 Å². The van der Waals surface area contributed by atoms with Crippen LogP contribution in [0.2, 0.25) is 0 Å². The molecule has 3 rings (SSSR count). The van der Waals surface area contributed by atoms with Crippen molar-refractivity contribution in [3.05, 3.63) is 58.6 Å². The standard InChI is InChI=1S/C15H14N4OS/c1-10-16-7-8-19(10)13-5-3-12(4-6-13)18-15(20)14-9-21-11(2)17-14/h3-9H,1-2H3,(H,18,20). The van der Waals surface area contributed by atoms with Gasteiger partial charge in [-0.05, 0) is 38.1 Å². The number of anilines is 1. The molecule has 2 heterocycles. The zero-order chi connectivity index (χ0) is 14.8. The average molecular weight is 298 g/mol. The Balaban J connectivity index is 1.76. The van der Waals surface area contributed by atoms with Gasteiger partial charge >= 0.3 is 0 Å². The number of amides is 1. The lowest BCUT2D eigenvalue weighted by Crippen LogP contribution is -2.12. The first-order valence-electron chi connectivity index (χ1n) is 6.47. The fraction of sp³-hybridized carbons (Fsp3) is 0.133. The Morgan fingerprint density at radius 1 is 1.24 bits per heavy atom. The summed E-state index contributed by atoms with van der Waals surface area (Å²) in [4.78, 5) is 20.4. The SMILES string of the molecule is Cc1nc(C(=O)Nc2ccc(-n3ccnc3C)cc2)cs1. The monoisotopic (exact) mass is 298 g/mol. The second-order valence-electron chi connectivity index (χ2n) is 4.60. The first-order valence-corrected chi connectivity index (χ1v) is 7.35. The van der Waals surface area contributed by atoms with Crippen LogP contribution in [-0.2, 0) is 0 Å². The van der Waals surface area contributed by atoms with Crippen LogP contribution < -0.4 is 5.32 Å². The summed E-state index contributed by atoms with van der Waals surface area (Å²) in [7, 11) is 0. The van der Waals surface area contributed by atoms with Crippen molar-refractivity contribution in [3.8, 4) is 5.69 Å². The normalized spacial score (nSPS) is 10.6. The number of carbonyl (C=O) groups is 1. The van der Waals surface area contributed by atoms with Gasteiger partial charge in [0.2, 0.25) is 0 Å². The zero-order valence-corrected chi connectivity index (χ0v) is 12.5. The summed E-state index contributed by atoms with van der Waals surface area (Å²) < 4.78 is 1.98. The number of imidazole rings is 1. The van der Waals surface area contributed by atoms with E-state index >= 15 is 0 Å². The van der Waals surface area contributed by atoms with Gasteiger partial charge < -0.3 is 9.88 Å². The van der Waals surface area contributed by atoms with Crippen molar-refractivity contribution in [1.82, 2.24) is 14.5 Å². The van der Waals surface area contributed by atoms with Gasteiger partial charge in [-0.3, -0.25) is 4.79 Å². The van der Waals surface area contributed by atoms with E-state index in [4.69, 9.17) is 0 Å². The molecule has 1 aromatic carbocycles. The number of carbonyl (C=O) groups excluding carboxylic acids is 1. The summed E-state index contributed by atoms with van der Waals surface area (Å²) in [6.45, 7) is 3.82. The van der Waals surface area contributed by atoms with Crippen LogP contribution in [-0.4, -0.2) is 20.4 Å². The number of hydrogen-bond donors (Lipinski definition) is 1. The van der Waals surface area contributed by atoms with Gasteiger partial charge in [-0.2, -0.15) is 0 Å². The minimum Gasteiger partial charge on any atom is -0.321 e. The molecule has 0 atom stereocenters. The molecule has 0 aliphatic rings. The predicted molar refractivity (Wildman–Crippen MR) is 83.1 cm³/mol. The van der Waals surface area contributed by atoms with Gasteiger partial charge in [0, 0.05) is 29.1 Å². The highest BCUT2D eigenvalue weighted by Crippen LogP contribution is 2.16. The van der Waals surface area contributed by atoms with E-state index in [-0.39, 0.29) is 5.91 Å². The fourth-order valence-electron chi connectivity index (χ4n) is 2.02. The average Bonchev–Trinajstić information content (AvgIpc) is 3.08. The molecule has 0 saturated carbocycles. The highest BCUT2D eigenvalue weighted by molar-refractivity contribution is 7.09. The number of aryl methyl sites for hydroxylation is 2. The first-order chi connectivity index (χ1) is 10.1. The van der Waals surface area contributed by atoms with E-state index in [1.54, 1.807) is 11.6 Å². The van der Waals surface area contributed by atoms with Gasteiger partial charge in [0.1, 0.15) is 11.5 Å². The Bertz CT molecular complexity index is 773. The molecule has 0 aliphatic carbocycles. The van der Waals surface area contributed by atoms with Crippen molar-refractivity contribution in [3.63, 3.8) is 0 Å². The maximum atomic E-state index is 12.0. The third-order valence-electron chi connectivity index (χ3n) is 3.08. The summed E-state index contributed by atoms with van der Waals surface area (Å²) in [5.74, 6) is 0.732. The highest BCUT2D eigenvalue weighted by Gasteiger charge is 2.09. The van der Waals surface area contributed by atoms with Crippen LogP contribution >= 0.6 is 11.3 Å². The molecule has 3 aromatic rings. The van der Waals surface area contributed by atoms with Crippen LogP contribution in [0.3, 0.4) is 0 Å². The largest absolute Gasteiger partial charge is 0.321 e. The molecule has 21 heavy (non-hydrogen) atoms. The van der Waals surface area contributed by atoms with Crippen molar-refractivity contribution in [1.29, 1.82) is 0 Å². The van der Waals surface area contributed by atoms with Gasteiger partial charge in [-0.1, -0.05) is 0 Å². The van der Waals surface area contributed by atoms with Gasteiger partial charge in [0.25, 0.3) is 5.91 Å². The molecule has 6 heteroatoms. The number of hydrogen-bond acceptors (Lipinski definition) is 4. The van der Waals surface area contributed by atoms with Crippen LogP contribution in [0.25, 0.3) is 5.69 Å². The van der Waals surface area contributed by atoms with E-state index in [2.05, 4.69) is 15.3 Å². The molecular weight excluding hydrogens is 284 g/mol. The lowest BCUT2D eigenvalue weighted by Gasteiger charge is -2.07. The number of benzene rings is 1. The first kappa shape index (κ1) is 13.5. The third-order valence-corrected chi connectivity index (χ3v) is 3.85. The predicted octanol–water partition coefficient (Wildman–Crippen LogP) is 3.20. The van der Waals surface area contributed by atoms with E-state index < -0.39 is 0 Å². The Kier molecular flexibility index (Phi) is 3.53. The molecule has 0 unspecified atom stereocenters. The molecule has 0 fully saturated rings. The van der Waals surface area contributed by atoms with Crippen molar-refractivity contribution in [2.24, 2.45) is 0 Å². The highest BCUT2D eigenvalue weighted by atomic mass is 32.1. The van der Waals surface area contributed by atoms with Crippen LogP contribution in [0.5, 0.6) is 0 Å². The lowest BCUT2D eigenvalue weighted by molar-refractivity contribution is 0.102. The zero-order valence-electron chi connectivity index (χ0n) is 11.7. The topological polar surface area (TPSA) is 59.8 Å². The third kappa shape index (κ3) is 2.85. The lowest BCUT2D eigenvalue weighted by atomic mass is 10.2. The van der Waals surface area contributed by atoms with Crippen LogP contribution in [0, 0.1) is 13.8 Å². The van der Waals surface area contributed by atoms with E-state index in [9.17, 15) is 4.79 Å². The summed E-state index contributed by atoms with van der Waals surface area (Å²) in [6.07, 6.45) is 3.66. The Hall–Kier alpha value is -2.47. The van der Waals surface area contributed by atoms with Crippen molar-refractivity contribution in [2.45, 2.75) is 13.8 Å².